The van der Waals surface area contributed by atoms with Gasteiger partial charge in [0.1, 0.15) is 35.9 Å². The lowest BCUT2D eigenvalue weighted by molar-refractivity contribution is -0.155. The van der Waals surface area contributed by atoms with Gasteiger partial charge < -0.3 is 38.2 Å². The van der Waals surface area contributed by atoms with Crippen molar-refractivity contribution in [2.75, 3.05) is 26.3 Å². The summed E-state index contributed by atoms with van der Waals surface area (Å²) in [5.74, 6) is -0.842. The number of ketones is 2. The third-order valence-corrected chi connectivity index (χ3v) is 32.6. The summed E-state index contributed by atoms with van der Waals surface area (Å²) in [4.78, 5) is 127. The van der Waals surface area contributed by atoms with Crippen LogP contribution in [0.5, 0.6) is 23.3 Å². The van der Waals surface area contributed by atoms with Crippen molar-refractivity contribution in [2.45, 2.75) is 268 Å². The zero-order chi connectivity index (χ0) is 82.0. The Balaban J connectivity index is 0.000000182. The Kier molecular flexibility index (Phi) is 23.9. The Labute approximate surface area is 682 Å². The molecule has 2 aromatic carbocycles. The van der Waals surface area contributed by atoms with Gasteiger partial charge in [-0.3, -0.25) is 47.8 Å². The number of pyridine rings is 2. The molecule has 20 atom stereocenters. The smallest absolute Gasteiger partial charge is 0.306 e. The molecule has 4 aromatic rings. The Morgan fingerprint density at radius 1 is 0.500 bits per heavy atom. The number of ether oxygens (including phenoxy) is 6. The second-order valence-electron chi connectivity index (χ2n) is 37.5. The number of rotatable bonds is 22. The first kappa shape index (κ1) is 83.1. The summed E-state index contributed by atoms with van der Waals surface area (Å²) >= 11 is 0. The zero-order valence-electron chi connectivity index (χ0n) is 68.6. The Hall–Kier alpha value is -8.00. The van der Waals surface area contributed by atoms with E-state index in [1.54, 1.807) is 36.0 Å². The van der Waals surface area contributed by atoms with Crippen LogP contribution in [0.15, 0.2) is 85.2 Å². The number of hydrogen-bond acceptors (Lipinski definition) is 20. The zero-order valence-corrected chi connectivity index (χ0v) is 70.3. The molecule has 24 nitrogen and oxygen atoms in total. The summed E-state index contributed by atoms with van der Waals surface area (Å²) in [7, 11) is -7.89. The van der Waals surface area contributed by atoms with E-state index >= 15 is 9.59 Å². The van der Waals surface area contributed by atoms with E-state index in [1.165, 1.54) is 12.8 Å². The van der Waals surface area contributed by atoms with Gasteiger partial charge in [0.15, 0.2) is 11.6 Å². The number of carbonyl (C=O) groups is 8. The van der Waals surface area contributed by atoms with E-state index in [0.29, 0.717) is 112 Å². The van der Waals surface area contributed by atoms with Crippen molar-refractivity contribution in [2.24, 2.45) is 81.8 Å². The van der Waals surface area contributed by atoms with Crippen molar-refractivity contribution in [3.8, 4) is 23.3 Å². The predicted octanol–water partition coefficient (Wildman–Crippen LogP) is 13.4. The molecule has 10 fully saturated rings. The third kappa shape index (κ3) is 17.8. The van der Waals surface area contributed by atoms with Crippen LogP contribution in [-0.2, 0) is 67.9 Å². The fourth-order valence-electron chi connectivity index (χ4n) is 19.9. The number of aromatic nitrogens is 2. The summed E-state index contributed by atoms with van der Waals surface area (Å²) in [6.07, 6.45) is 24.1. The summed E-state index contributed by atoms with van der Waals surface area (Å²) in [5.41, 5.74) is -2.51. The Bertz CT molecular complexity index is 4440. The average molecular weight is 1640 g/mol. The average Bonchev–Trinajstić information content (AvgIpc) is 1.59. The van der Waals surface area contributed by atoms with E-state index in [2.05, 4.69) is 33.3 Å². The van der Waals surface area contributed by atoms with Crippen molar-refractivity contribution in [1.29, 1.82) is 0 Å². The van der Waals surface area contributed by atoms with Crippen LogP contribution >= 0.6 is 0 Å². The number of benzene rings is 2. The lowest BCUT2D eigenvalue weighted by atomic mass is 9.82. The van der Waals surface area contributed by atoms with Crippen LogP contribution in [0.3, 0.4) is 0 Å². The van der Waals surface area contributed by atoms with Crippen LogP contribution in [0.25, 0.3) is 21.5 Å². The number of esters is 2. The number of nitrogens with zero attached hydrogens (tertiary/aromatic N) is 4. The van der Waals surface area contributed by atoms with Crippen molar-refractivity contribution in [3.05, 3.63) is 85.2 Å². The highest BCUT2D eigenvalue weighted by molar-refractivity contribution is 7.92. The van der Waals surface area contributed by atoms with Crippen LogP contribution in [0, 0.1) is 81.8 Å². The van der Waals surface area contributed by atoms with Gasteiger partial charge in [0, 0.05) is 47.2 Å². The normalized spacial score (nSPS) is 34.8. The molecule has 0 radical (unpaired) electrons. The molecule has 16 rings (SSSR count). The van der Waals surface area contributed by atoms with Gasteiger partial charge in [-0.1, -0.05) is 102 Å². The van der Waals surface area contributed by atoms with Gasteiger partial charge in [0.05, 0.1) is 95.8 Å². The van der Waals surface area contributed by atoms with Gasteiger partial charge in [-0.05, 0) is 214 Å². The topological polar surface area (TPSA) is 317 Å². The number of fused-ring (bicyclic) bond motifs is 8. The Morgan fingerprint density at radius 3 is 1.23 bits per heavy atom. The highest BCUT2D eigenvalue weighted by atomic mass is 32.2. The molecule has 4 amide bonds. The number of carbonyl (C=O) groups excluding carboxylic acids is 8. The summed E-state index contributed by atoms with van der Waals surface area (Å²) < 4.78 is 92.9. The minimum absolute atomic E-state index is 0.0778. The van der Waals surface area contributed by atoms with Gasteiger partial charge in [-0.25, -0.2) is 26.8 Å². The molecule has 2 aromatic heterocycles. The van der Waals surface area contributed by atoms with E-state index in [0.717, 1.165) is 85.8 Å². The maximum absolute atomic E-state index is 15.0. The molecule has 2 saturated heterocycles. The van der Waals surface area contributed by atoms with Crippen molar-refractivity contribution >= 4 is 88.7 Å². The molecule has 26 heteroatoms. The summed E-state index contributed by atoms with van der Waals surface area (Å²) in [6, 6.07) is 13.4. The minimum atomic E-state index is -3.95. The van der Waals surface area contributed by atoms with Crippen LogP contribution < -0.4 is 28.4 Å². The van der Waals surface area contributed by atoms with E-state index in [1.807, 2.05) is 101 Å². The van der Waals surface area contributed by atoms with Gasteiger partial charge in [0.2, 0.25) is 55.4 Å². The number of amides is 4. The minimum Gasteiger partial charge on any atom is -0.491 e. The van der Waals surface area contributed by atoms with Crippen LogP contribution in [0.4, 0.5) is 0 Å². The number of allylic oxidation sites excluding steroid dienone is 4. The second-order valence-corrected chi connectivity index (χ2v) is 41.9. The highest BCUT2D eigenvalue weighted by Crippen LogP contribution is 2.60. The first-order valence-corrected chi connectivity index (χ1v) is 46.2. The fourth-order valence-corrected chi connectivity index (χ4v) is 22.6. The van der Waals surface area contributed by atoms with E-state index in [4.69, 9.17) is 28.4 Å². The summed E-state index contributed by atoms with van der Waals surface area (Å²) in [5, 5.41) is 3.13. The van der Waals surface area contributed by atoms with Crippen molar-refractivity contribution in [1.82, 2.24) is 29.2 Å². The first-order valence-electron chi connectivity index (χ1n) is 43.3. The second kappa shape index (κ2) is 33.3. The van der Waals surface area contributed by atoms with Gasteiger partial charge >= 0.3 is 11.9 Å². The molecule has 2 unspecified atom stereocenters. The van der Waals surface area contributed by atoms with Crippen LogP contribution in [-0.4, -0.2) is 156 Å². The molecule has 6 heterocycles. The molecule has 0 spiro atoms. The van der Waals surface area contributed by atoms with E-state index in [9.17, 15) is 45.6 Å². The van der Waals surface area contributed by atoms with Gasteiger partial charge in [-0.2, -0.15) is 0 Å². The lowest BCUT2D eigenvalue weighted by Gasteiger charge is -2.32. The Morgan fingerprint density at radius 2 is 0.871 bits per heavy atom. The molecular formula is C90H118N6O18S2. The number of Topliss-reactive ketones (excluding diaryl/α,β-unsaturated/α-hetero) is 2. The highest BCUT2D eigenvalue weighted by Gasteiger charge is 2.65. The predicted molar refractivity (Wildman–Crippen MR) is 434 cm³/mol. The first-order chi connectivity index (χ1) is 55.4. The third-order valence-electron chi connectivity index (χ3n) is 28.3. The van der Waals surface area contributed by atoms with E-state index in [-0.39, 0.29) is 135 Å². The molecule has 2 N–H and O–H groups in total. The quantitative estimate of drug-likeness (QED) is 0.0545. The fraction of sp³-hybridized carbons (Fsp3) is 0.667. The SMILES string of the molecule is CCCOc1cnc(O[C@@H]2C[C@H]3C(=O)C[C@]4(C(=O)NS(=O)(=O)C5(C)CC5)C[C@H]4/C=C\CC[C@@H](C)C[C@@H](C)[C@H](CC(=O)OC4C[C@@H]5C[C@@H]5C4)C(=O)N3C2)c2ccccc12.CCCOc1cnc(O[C@@H]2C[C@H]3C(=O)C[C@]4(C(=O)NS(=O)(=O)C5(C)CC5)C[C@H]4/C=C\CC[C@H](C)C[C@@H](C)[C@H](CC(=O)OC4C[C@@H]5C[C@@H]5C4)C(=O)N3C2)c2ccccc12. The van der Waals surface area contributed by atoms with Crippen LogP contribution in [0.1, 0.15) is 222 Å². The number of nitrogens with one attached hydrogen (secondary N) is 2. The molecule has 12 aliphatic rings. The van der Waals surface area contributed by atoms with Crippen molar-refractivity contribution < 1.29 is 83.6 Å². The monoisotopic (exact) mass is 1630 g/mol. The molecule has 116 heavy (non-hydrogen) atoms. The molecular weight excluding hydrogens is 1520 g/mol. The molecule has 8 aliphatic carbocycles. The van der Waals surface area contributed by atoms with Crippen molar-refractivity contribution in [3.63, 3.8) is 0 Å². The maximum atomic E-state index is 15.0. The largest absolute Gasteiger partial charge is 0.491 e. The van der Waals surface area contributed by atoms with Crippen LogP contribution in [0.2, 0.25) is 0 Å². The molecule has 0 bridgehead atoms. The summed E-state index contributed by atoms with van der Waals surface area (Å²) in [6.45, 7) is 16.9. The molecule has 8 saturated carbocycles. The molecule has 4 aliphatic heterocycles. The lowest BCUT2D eigenvalue weighted by Crippen LogP contribution is -2.48. The van der Waals surface area contributed by atoms with E-state index < -0.39 is 88.3 Å². The van der Waals surface area contributed by atoms with Gasteiger partial charge in [-0.15, -0.1) is 0 Å². The molecule has 628 valence electrons. The standard InChI is InChI=1S/2C45H59N3O9S/c2*1-5-16-55-39-25-46-41(35-13-9-8-12-34(35)39)57-33-21-37-38(49)24-45(43(52)47-58(53,54)44(4)14-15-44)23-31(45)11-7-6-10-27(2)17-28(3)36(42(51)48(37)26-33)22-40(50)56-32-19-29-18-30(29)20-32/h2*7-9,11-13,25,27-33,36-37H,5-6,10,14-24,26H2,1-4H3,(H,47,52)/b2*11-7-/t27-,28+,29-,30+,31+,32?,33+,36-,37-,45+;27-,28-,29-,30+,31-,32?,33-,36+,37+,45-/m01/s1. The number of sulfonamides is 2. The maximum Gasteiger partial charge on any atom is 0.306 e. The number of hydrogen-bond donors (Lipinski definition) is 2. The van der Waals surface area contributed by atoms with Gasteiger partial charge in [0.25, 0.3) is 0 Å².